The summed E-state index contributed by atoms with van der Waals surface area (Å²) in [5.41, 5.74) is 0. The molecule has 0 spiro atoms. The lowest BCUT2D eigenvalue weighted by atomic mass is 10.2. The molecule has 1 rings (SSSR count). The molecule has 0 radical (unpaired) electrons. The Kier molecular flexibility index (Phi) is 2.87. The minimum Gasteiger partial charge on any atom is -0.480 e. The number of hydrogen-bond acceptors (Lipinski definition) is 3. The van der Waals surface area contributed by atoms with Crippen LogP contribution in [0.15, 0.2) is 0 Å². The molecule has 1 aliphatic rings. The number of hydrogen-bond donors (Lipinski definition) is 2. The van der Waals surface area contributed by atoms with Crippen molar-refractivity contribution in [1.82, 2.24) is 10.2 Å². The summed E-state index contributed by atoms with van der Waals surface area (Å²) in [7, 11) is 3.33. The van der Waals surface area contributed by atoms with Crippen LogP contribution in [-0.2, 0) is 9.59 Å². The molecule has 0 bridgehead atoms. The van der Waals surface area contributed by atoms with Gasteiger partial charge in [-0.15, -0.1) is 0 Å². The minimum absolute atomic E-state index is 0.0521. The summed E-state index contributed by atoms with van der Waals surface area (Å²) in [4.78, 5) is 23.4. The van der Waals surface area contributed by atoms with Crippen LogP contribution in [0.2, 0.25) is 0 Å². The highest BCUT2D eigenvalue weighted by molar-refractivity contribution is 5.84. The number of rotatable bonds is 2. The van der Waals surface area contributed by atoms with E-state index in [1.54, 1.807) is 14.1 Å². The third-order valence-electron chi connectivity index (χ3n) is 2.18. The first-order valence-corrected chi connectivity index (χ1v) is 4.22. The Balaban J connectivity index is 2.50. The van der Waals surface area contributed by atoms with Crippen molar-refractivity contribution in [3.05, 3.63) is 0 Å². The third-order valence-corrected chi connectivity index (χ3v) is 2.18. The Morgan fingerprint density at radius 1 is 1.31 bits per heavy atom. The highest BCUT2D eigenvalue weighted by Gasteiger charge is 2.33. The Morgan fingerprint density at radius 2 is 1.85 bits per heavy atom. The predicted octanol–water partition coefficient (Wildman–Crippen LogP) is -0.720. The molecule has 0 saturated carbocycles. The maximum Gasteiger partial charge on any atom is 0.320 e. The molecule has 0 unspecified atom stereocenters. The maximum absolute atomic E-state index is 11.4. The molecule has 2 N–H and O–H groups in total. The summed E-state index contributed by atoms with van der Waals surface area (Å²) in [6.45, 7) is 0. The van der Waals surface area contributed by atoms with Crippen LogP contribution in [0.1, 0.15) is 12.8 Å². The van der Waals surface area contributed by atoms with Crippen LogP contribution in [0, 0.1) is 0 Å². The molecule has 5 heteroatoms. The highest BCUT2D eigenvalue weighted by atomic mass is 16.4. The van der Waals surface area contributed by atoms with Gasteiger partial charge in [-0.25, -0.2) is 0 Å². The molecule has 1 saturated heterocycles. The van der Waals surface area contributed by atoms with Gasteiger partial charge in [0.2, 0.25) is 5.91 Å². The van der Waals surface area contributed by atoms with Crippen molar-refractivity contribution in [2.24, 2.45) is 0 Å². The van der Waals surface area contributed by atoms with E-state index in [4.69, 9.17) is 5.11 Å². The van der Waals surface area contributed by atoms with Crippen LogP contribution in [0.5, 0.6) is 0 Å². The predicted molar refractivity (Wildman–Crippen MR) is 46.3 cm³/mol. The number of carboxylic acid groups (broad SMARTS) is 1. The second-order valence-electron chi connectivity index (χ2n) is 3.42. The average Bonchev–Trinajstić information content (AvgIpc) is 2.50. The number of nitrogens with one attached hydrogen (secondary N) is 1. The molecular formula is C8H14N2O3. The number of carbonyl (C=O) groups excluding carboxylic acids is 1. The van der Waals surface area contributed by atoms with Gasteiger partial charge in [0.1, 0.15) is 6.04 Å². The molecule has 0 aromatic rings. The fraction of sp³-hybridized carbons (Fsp3) is 0.750. The number of carboxylic acids is 1. The summed E-state index contributed by atoms with van der Waals surface area (Å²) in [5.74, 6) is -0.933. The van der Waals surface area contributed by atoms with Crippen LogP contribution < -0.4 is 5.32 Å². The van der Waals surface area contributed by atoms with Gasteiger partial charge in [0.05, 0.1) is 6.04 Å². The van der Waals surface area contributed by atoms with Crippen LogP contribution in [0.3, 0.4) is 0 Å². The zero-order valence-corrected chi connectivity index (χ0v) is 7.78. The number of nitrogens with zero attached hydrogens (tertiary/aromatic N) is 1. The van der Waals surface area contributed by atoms with Crippen molar-refractivity contribution >= 4 is 11.9 Å². The van der Waals surface area contributed by atoms with Crippen LogP contribution >= 0.6 is 0 Å². The van der Waals surface area contributed by atoms with Gasteiger partial charge in [-0.2, -0.15) is 0 Å². The second kappa shape index (κ2) is 3.74. The minimum atomic E-state index is -0.881. The number of amides is 1. The van der Waals surface area contributed by atoms with Gasteiger partial charge < -0.3 is 10.0 Å². The normalized spacial score (nSPS) is 27.2. The zero-order valence-electron chi connectivity index (χ0n) is 7.78. The molecule has 5 nitrogen and oxygen atoms in total. The second-order valence-corrected chi connectivity index (χ2v) is 3.42. The Hall–Kier alpha value is -1.10. The van der Waals surface area contributed by atoms with Crippen molar-refractivity contribution in [2.45, 2.75) is 24.9 Å². The summed E-state index contributed by atoms with van der Waals surface area (Å²) in [6, 6.07) is -0.884. The zero-order chi connectivity index (χ0) is 10.0. The fourth-order valence-electron chi connectivity index (χ4n) is 1.44. The van der Waals surface area contributed by atoms with Crippen LogP contribution in [0.4, 0.5) is 0 Å². The average molecular weight is 186 g/mol. The van der Waals surface area contributed by atoms with Gasteiger partial charge in [-0.05, 0) is 12.8 Å². The third kappa shape index (κ3) is 2.18. The molecule has 0 aromatic heterocycles. The van der Waals surface area contributed by atoms with Gasteiger partial charge in [0.25, 0.3) is 0 Å². The molecule has 1 amide bonds. The molecular weight excluding hydrogens is 172 g/mol. The fourth-order valence-corrected chi connectivity index (χ4v) is 1.44. The summed E-state index contributed by atoms with van der Waals surface area (Å²) >= 11 is 0. The quantitative estimate of drug-likeness (QED) is 0.597. The molecule has 0 aliphatic carbocycles. The van der Waals surface area contributed by atoms with Gasteiger partial charge >= 0.3 is 5.97 Å². The number of likely N-dealkylation sites (N-methyl/N-ethyl adjacent to an activating group) is 1. The largest absolute Gasteiger partial charge is 0.480 e. The van der Waals surface area contributed by atoms with E-state index < -0.39 is 12.0 Å². The summed E-state index contributed by atoms with van der Waals surface area (Å²) in [6.07, 6.45) is 1.13. The number of aliphatic carboxylic acids is 1. The van der Waals surface area contributed by atoms with Crippen LogP contribution in [0.25, 0.3) is 0 Å². The smallest absolute Gasteiger partial charge is 0.320 e. The maximum atomic E-state index is 11.4. The molecule has 74 valence electrons. The SMILES string of the molecule is CN(C)C(=O)[C@@H]1CC[C@H](C(=O)O)N1. The van der Waals surface area contributed by atoms with Crippen molar-refractivity contribution < 1.29 is 14.7 Å². The van der Waals surface area contributed by atoms with E-state index in [0.717, 1.165) is 0 Å². The molecule has 1 heterocycles. The lowest BCUT2D eigenvalue weighted by Crippen LogP contribution is -2.44. The standard InChI is InChI=1S/C8H14N2O3/c1-10(2)7(11)5-3-4-6(9-5)8(12)13/h5-6,9H,3-4H2,1-2H3,(H,12,13)/t5-,6+/m0/s1. The van der Waals surface area contributed by atoms with Crippen molar-refractivity contribution in [3.8, 4) is 0 Å². The first-order chi connectivity index (χ1) is 6.02. The van der Waals surface area contributed by atoms with E-state index in [9.17, 15) is 9.59 Å². The van der Waals surface area contributed by atoms with Gasteiger partial charge in [-0.1, -0.05) is 0 Å². The van der Waals surface area contributed by atoms with Gasteiger partial charge in [0, 0.05) is 14.1 Å². The van der Waals surface area contributed by atoms with Crippen LogP contribution in [-0.4, -0.2) is 48.1 Å². The van der Waals surface area contributed by atoms with E-state index in [0.29, 0.717) is 12.8 Å². The van der Waals surface area contributed by atoms with Gasteiger partial charge in [0.15, 0.2) is 0 Å². The van der Waals surface area contributed by atoms with Gasteiger partial charge in [-0.3, -0.25) is 14.9 Å². The molecule has 0 aromatic carbocycles. The molecule has 2 atom stereocenters. The number of carbonyl (C=O) groups is 2. The topological polar surface area (TPSA) is 69.6 Å². The highest BCUT2D eigenvalue weighted by Crippen LogP contribution is 2.13. The van der Waals surface area contributed by atoms with Crippen molar-refractivity contribution in [2.75, 3.05) is 14.1 Å². The Labute approximate surface area is 76.7 Å². The first kappa shape index (κ1) is 9.98. The van der Waals surface area contributed by atoms with E-state index >= 15 is 0 Å². The van der Waals surface area contributed by atoms with E-state index in [2.05, 4.69) is 5.32 Å². The summed E-state index contributed by atoms with van der Waals surface area (Å²) < 4.78 is 0. The molecule has 13 heavy (non-hydrogen) atoms. The summed E-state index contributed by atoms with van der Waals surface area (Å²) in [5, 5.41) is 11.4. The van der Waals surface area contributed by atoms with E-state index in [1.165, 1.54) is 4.90 Å². The monoisotopic (exact) mass is 186 g/mol. The Bertz CT molecular complexity index is 227. The molecule has 1 fully saturated rings. The van der Waals surface area contributed by atoms with Crippen molar-refractivity contribution in [1.29, 1.82) is 0 Å². The molecule has 1 aliphatic heterocycles. The Morgan fingerprint density at radius 3 is 2.23 bits per heavy atom. The van der Waals surface area contributed by atoms with Crippen molar-refractivity contribution in [3.63, 3.8) is 0 Å². The lowest BCUT2D eigenvalue weighted by molar-refractivity contribution is -0.139. The first-order valence-electron chi connectivity index (χ1n) is 4.22. The van der Waals surface area contributed by atoms with E-state index in [1.807, 2.05) is 0 Å². The van der Waals surface area contributed by atoms with E-state index in [-0.39, 0.29) is 11.9 Å². The lowest BCUT2D eigenvalue weighted by Gasteiger charge is -2.16.